The van der Waals surface area contributed by atoms with E-state index in [1.165, 1.54) is 0 Å². The molecule has 76 valence electrons. The lowest BCUT2D eigenvalue weighted by molar-refractivity contribution is -0.114. The molecule has 0 bridgehead atoms. The zero-order chi connectivity index (χ0) is 10.3. The number of carbonyl (C=O) groups is 1. The molecule has 0 unspecified atom stereocenters. The van der Waals surface area contributed by atoms with E-state index in [0.717, 1.165) is 31.6 Å². The molecule has 0 spiro atoms. The number of hydrogen-bond donors (Lipinski definition) is 1. The Hall–Kier alpha value is -0.830. The summed E-state index contributed by atoms with van der Waals surface area (Å²) < 4.78 is 0. The maximum absolute atomic E-state index is 10.9. The van der Waals surface area contributed by atoms with Crippen LogP contribution in [0.2, 0.25) is 0 Å². The molecule has 0 saturated carbocycles. The largest absolute Gasteiger partial charge is 0.366 e. The summed E-state index contributed by atoms with van der Waals surface area (Å²) in [6, 6.07) is 0. The Labute approximate surface area is 80.6 Å². The van der Waals surface area contributed by atoms with Crippen LogP contribution in [0.3, 0.4) is 0 Å². The van der Waals surface area contributed by atoms with Gasteiger partial charge in [-0.1, -0.05) is 19.9 Å². The number of carbonyl (C=O) groups excluding carboxylic acids is 1. The fourth-order valence-electron chi connectivity index (χ4n) is 1.23. The Kier molecular flexibility index (Phi) is 6.24. The van der Waals surface area contributed by atoms with Crippen LogP contribution in [0.1, 0.15) is 27.2 Å². The lowest BCUT2D eigenvalue weighted by Crippen LogP contribution is -2.26. The second kappa shape index (κ2) is 6.66. The van der Waals surface area contributed by atoms with Crippen LogP contribution < -0.4 is 5.73 Å². The third-order valence-electron chi connectivity index (χ3n) is 2.26. The molecule has 2 N–H and O–H groups in total. The average molecular weight is 184 g/mol. The first kappa shape index (κ1) is 12.2. The maximum atomic E-state index is 10.9. The lowest BCUT2D eigenvalue weighted by atomic mass is 10.1. The van der Waals surface area contributed by atoms with Crippen molar-refractivity contribution in [2.75, 3.05) is 19.6 Å². The third kappa shape index (κ3) is 4.68. The Morgan fingerprint density at radius 3 is 2.23 bits per heavy atom. The molecule has 0 fully saturated rings. The smallest absolute Gasteiger partial charge is 0.244 e. The molecule has 0 atom stereocenters. The van der Waals surface area contributed by atoms with Crippen molar-refractivity contribution in [2.24, 2.45) is 5.73 Å². The highest BCUT2D eigenvalue weighted by atomic mass is 16.1. The van der Waals surface area contributed by atoms with E-state index in [-0.39, 0.29) is 5.91 Å². The van der Waals surface area contributed by atoms with Crippen molar-refractivity contribution < 1.29 is 4.79 Å². The molecule has 0 aliphatic heterocycles. The summed E-state index contributed by atoms with van der Waals surface area (Å²) >= 11 is 0. The topological polar surface area (TPSA) is 46.3 Å². The lowest BCUT2D eigenvalue weighted by Gasteiger charge is -2.17. The third-order valence-corrected chi connectivity index (χ3v) is 2.26. The minimum absolute atomic E-state index is 0.297. The quantitative estimate of drug-likeness (QED) is 0.629. The summed E-state index contributed by atoms with van der Waals surface area (Å²) in [4.78, 5) is 13.1. The minimum atomic E-state index is -0.297. The molecule has 0 aromatic heterocycles. The predicted molar refractivity (Wildman–Crippen MR) is 55.4 cm³/mol. The van der Waals surface area contributed by atoms with Gasteiger partial charge in [-0.15, -0.1) is 0 Å². The van der Waals surface area contributed by atoms with E-state index < -0.39 is 0 Å². The van der Waals surface area contributed by atoms with E-state index in [9.17, 15) is 4.79 Å². The van der Waals surface area contributed by atoms with Gasteiger partial charge in [-0.2, -0.15) is 0 Å². The first-order valence-corrected chi connectivity index (χ1v) is 4.83. The van der Waals surface area contributed by atoms with Crippen molar-refractivity contribution in [3.8, 4) is 0 Å². The number of primary amides is 1. The summed E-state index contributed by atoms with van der Waals surface area (Å²) in [6.07, 6.45) is 2.55. The van der Waals surface area contributed by atoms with Gasteiger partial charge in [-0.05, 0) is 26.4 Å². The zero-order valence-corrected chi connectivity index (χ0v) is 8.84. The molecule has 0 aliphatic carbocycles. The van der Waals surface area contributed by atoms with Crippen molar-refractivity contribution >= 4 is 5.91 Å². The van der Waals surface area contributed by atoms with Gasteiger partial charge >= 0.3 is 0 Å². The normalized spacial score (nSPS) is 12.2. The molecule has 3 heteroatoms. The van der Waals surface area contributed by atoms with Crippen molar-refractivity contribution in [2.45, 2.75) is 27.2 Å². The summed E-state index contributed by atoms with van der Waals surface area (Å²) in [5.41, 5.74) is 5.92. The van der Waals surface area contributed by atoms with E-state index in [2.05, 4.69) is 18.7 Å². The second-order valence-corrected chi connectivity index (χ2v) is 2.96. The Morgan fingerprint density at radius 2 is 1.92 bits per heavy atom. The Morgan fingerprint density at radius 1 is 1.38 bits per heavy atom. The van der Waals surface area contributed by atoms with Gasteiger partial charge in [-0.3, -0.25) is 4.79 Å². The summed E-state index contributed by atoms with van der Waals surface area (Å²) in [5, 5.41) is 0. The standard InChI is InChI=1S/C10H20N2O/c1-4-9(10(11)13)7-8-12(5-2)6-3/h4H,5-8H2,1-3H3,(H2,11,13). The van der Waals surface area contributed by atoms with Crippen molar-refractivity contribution in [1.82, 2.24) is 4.90 Å². The molecular formula is C10H20N2O. The van der Waals surface area contributed by atoms with Crippen LogP contribution in [0.4, 0.5) is 0 Å². The SMILES string of the molecule is CC=C(CCN(CC)CC)C(N)=O. The van der Waals surface area contributed by atoms with Gasteiger partial charge in [0.25, 0.3) is 0 Å². The van der Waals surface area contributed by atoms with E-state index in [4.69, 9.17) is 5.73 Å². The van der Waals surface area contributed by atoms with Crippen molar-refractivity contribution in [1.29, 1.82) is 0 Å². The van der Waals surface area contributed by atoms with E-state index >= 15 is 0 Å². The average Bonchev–Trinajstić information content (AvgIpc) is 2.12. The van der Waals surface area contributed by atoms with Crippen molar-refractivity contribution in [3.05, 3.63) is 11.6 Å². The number of amides is 1. The molecule has 0 rings (SSSR count). The van der Waals surface area contributed by atoms with E-state index in [0.29, 0.717) is 0 Å². The molecule has 0 heterocycles. The van der Waals surface area contributed by atoms with Crippen LogP contribution in [0.5, 0.6) is 0 Å². The van der Waals surface area contributed by atoms with Gasteiger partial charge < -0.3 is 10.6 Å². The number of nitrogens with two attached hydrogens (primary N) is 1. The first-order chi connectivity index (χ1) is 6.15. The molecule has 3 nitrogen and oxygen atoms in total. The van der Waals surface area contributed by atoms with Gasteiger partial charge in [-0.25, -0.2) is 0 Å². The van der Waals surface area contributed by atoms with Crippen LogP contribution in [-0.2, 0) is 4.79 Å². The monoisotopic (exact) mass is 184 g/mol. The highest BCUT2D eigenvalue weighted by molar-refractivity contribution is 5.91. The van der Waals surface area contributed by atoms with Crippen LogP contribution in [0.15, 0.2) is 11.6 Å². The molecule has 0 aliphatic rings. The van der Waals surface area contributed by atoms with E-state index in [1.807, 2.05) is 6.92 Å². The van der Waals surface area contributed by atoms with Crippen LogP contribution in [-0.4, -0.2) is 30.4 Å². The Balaban J connectivity index is 3.92. The van der Waals surface area contributed by atoms with Gasteiger partial charge in [0.05, 0.1) is 0 Å². The number of allylic oxidation sites excluding steroid dienone is 1. The minimum Gasteiger partial charge on any atom is -0.366 e. The van der Waals surface area contributed by atoms with Gasteiger partial charge in [0.1, 0.15) is 0 Å². The molecule has 0 radical (unpaired) electrons. The molecule has 13 heavy (non-hydrogen) atoms. The summed E-state index contributed by atoms with van der Waals surface area (Å²) in [6.45, 7) is 9.03. The van der Waals surface area contributed by atoms with Gasteiger partial charge in [0.2, 0.25) is 5.91 Å². The van der Waals surface area contributed by atoms with Crippen LogP contribution in [0.25, 0.3) is 0 Å². The van der Waals surface area contributed by atoms with E-state index in [1.54, 1.807) is 6.08 Å². The van der Waals surface area contributed by atoms with Gasteiger partial charge in [0, 0.05) is 12.1 Å². The summed E-state index contributed by atoms with van der Waals surface area (Å²) in [5.74, 6) is -0.297. The molecule has 0 aromatic carbocycles. The number of nitrogens with zero attached hydrogens (tertiary/aromatic N) is 1. The fraction of sp³-hybridized carbons (Fsp3) is 0.700. The fourth-order valence-corrected chi connectivity index (χ4v) is 1.23. The second-order valence-electron chi connectivity index (χ2n) is 2.96. The van der Waals surface area contributed by atoms with Gasteiger partial charge in [0.15, 0.2) is 0 Å². The molecule has 0 aromatic rings. The molecular weight excluding hydrogens is 164 g/mol. The van der Waals surface area contributed by atoms with Crippen molar-refractivity contribution in [3.63, 3.8) is 0 Å². The van der Waals surface area contributed by atoms with Crippen LogP contribution in [0, 0.1) is 0 Å². The van der Waals surface area contributed by atoms with Crippen LogP contribution >= 0.6 is 0 Å². The maximum Gasteiger partial charge on any atom is 0.244 e. The molecule has 0 saturated heterocycles. The molecule has 1 amide bonds. The predicted octanol–water partition coefficient (Wildman–Crippen LogP) is 1.15. The number of rotatable bonds is 6. The Bertz CT molecular complexity index is 183. The highest BCUT2D eigenvalue weighted by Gasteiger charge is 2.05. The first-order valence-electron chi connectivity index (χ1n) is 4.83. The highest BCUT2D eigenvalue weighted by Crippen LogP contribution is 2.02. The summed E-state index contributed by atoms with van der Waals surface area (Å²) in [7, 11) is 0. The number of hydrogen-bond acceptors (Lipinski definition) is 2. The zero-order valence-electron chi connectivity index (χ0n) is 8.84.